The summed E-state index contributed by atoms with van der Waals surface area (Å²) in [5.74, 6) is 0. The SMILES string of the molecule is N=C1CCCC12CC2. The molecule has 0 atom stereocenters. The Balaban J connectivity index is 2.23. The zero-order valence-corrected chi connectivity index (χ0v) is 5.04. The lowest BCUT2D eigenvalue weighted by atomic mass is 10.1. The lowest BCUT2D eigenvalue weighted by Gasteiger charge is -2.00. The molecule has 0 aliphatic heterocycles. The topological polar surface area (TPSA) is 23.9 Å². The summed E-state index contributed by atoms with van der Waals surface area (Å²) in [5.41, 5.74) is 1.54. The Hall–Kier alpha value is -0.330. The second-order valence-electron chi connectivity index (χ2n) is 3.11. The first-order valence-electron chi connectivity index (χ1n) is 3.41. The normalized spacial score (nSPS) is 31.8. The maximum Gasteiger partial charge on any atom is 0.0151 e. The van der Waals surface area contributed by atoms with Gasteiger partial charge in [0, 0.05) is 11.1 Å². The van der Waals surface area contributed by atoms with Gasteiger partial charge in [-0.2, -0.15) is 0 Å². The van der Waals surface area contributed by atoms with Crippen molar-refractivity contribution < 1.29 is 0 Å². The third-order valence-corrected chi connectivity index (χ3v) is 2.58. The predicted octanol–water partition coefficient (Wildman–Crippen LogP) is 1.97. The van der Waals surface area contributed by atoms with Crippen LogP contribution in [0, 0.1) is 10.8 Å². The molecule has 2 saturated carbocycles. The van der Waals surface area contributed by atoms with Crippen LogP contribution in [-0.4, -0.2) is 5.71 Å². The van der Waals surface area contributed by atoms with Gasteiger partial charge in [0.2, 0.25) is 0 Å². The van der Waals surface area contributed by atoms with Gasteiger partial charge in [0.15, 0.2) is 0 Å². The minimum atomic E-state index is 0.486. The second-order valence-corrected chi connectivity index (χ2v) is 3.11. The Labute approximate surface area is 49.6 Å². The van der Waals surface area contributed by atoms with Crippen molar-refractivity contribution in [2.45, 2.75) is 32.1 Å². The van der Waals surface area contributed by atoms with Gasteiger partial charge in [-0.15, -0.1) is 0 Å². The monoisotopic (exact) mass is 109 g/mol. The summed E-state index contributed by atoms with van der Waals surface area (Å²) < 4.78 is 0. The molecule has 0 amide bonds. The molecule has 0 saturated heterocycles. The number of nitrogens with one attached hydrogen (secondary N) is 1. The molecule has 0 aromatic heterocycles. The van der Waals surface area contributed by atoms with Crippen LogP contribution in [0.3, 0.4) is 0 Å². The molecule has 0 unspecified atom stereocenters. The Bertz CT molecular complexity index is 133. The van der Waals surface area contributed by atoms with E-state index in [1.54, 1.807) is 0 Å². The first-order chi connectivity index (χ1) is 3.83. The van der Waals surface area contributed by atoms with Crippen molar-refractivity contribution in [1.29, 1.82) is 5.41 Å². The van der Waals surface area contributed by atoms with Crippen LogP contribution in [0.15, 0.2) is 0 Å². The van der Waals surface area contributed by atoms with E-state index in [0.29, 0.717) is 5.41 Å². The average molecular weight is 109 g/mol. The molecule has 0 aromatic carbocycles. The van der Waals surface area contributed by atoms with E-state index in [1.807, 2.05) is 0 Å². The molecule has 2 rings (SSSR count). The second kappa shape index (κ2) is 1.15. The van der Waals surface area contributed by atoms with Crippen molar-refractivity contribution in [3.8, 4) is 0 Å². The van der Waals surface area contributed by atoms with Gasteiger partial charge >= 0.3 is 0 Å². The van der Waals surface area contributed by atoms with E-state index in [0.717, 1.165) is 12.1 Å². The van der Waals surface area contributed by atoms with Crippen molar-refractivity contribution >= 4 is 5.71 Å². The van der Waals surface area contributed by atoms with Gasteiger partial charge in [-0.05, 0) is 32.1 Å². The van der Waals surface area contributed by atoms with E-state index in [1.165, 1.54) is 25.7 Å². The summed E-state index contributed by atoms with van der Waals surface area (Å²) in [4.78, 5) is 0. The fourth-order valence-electron chi connectivity index (χ4n) is 1.72. The molecule has 0 bridgehead atoms. The summed E-state index contributed by atoms with van der Waals surface area (Å²) in [5, 5.41) is 7.51. The molecule has 2 aliphatic carbocycles. The highest BCUT2D eigenvalue weighted by molar-refractivity contribution is 5.91. The molecule has 0 heterocycles. The van der Waals surface area contributed by atoms with Crippen LogP contribution in [0.5, 0.6) is 0 Å². The highest BCUT2D eigenvalue weighted by Crippen LogP contribution is 2.55. The Kier molecular flexibility index (Phi) is 0.651. The van der Waals surface area contributed by atoms with E-state index in [4.69, 9.17) is 5.41 Å². The molecular formula is C7H11N. The van der Waals surface area contributed by atoms with Crippen molar-refractivity contribution in [1.82, 2.24) is 0 Å². The largest absolute Gasteiger partial charge is 0.309 e. The van der Waals surface area contributed by atoms with Gasteiger partial charge < -0.3 is 5.41 Å². The fourth-order valence-corrected chi connectivity index (χ4v) is 1.72. The van der Waals surface area contributed by atoms with Crippen LogP contribution < -0.4 is 0 Å². The maximum absolute atomic E-state index is 7.51. The Morgan fingerprint density at radius 2 is 2.00 bits per heavy atom. The van der Waals surface area contributed by atoms with E-state index >= 15 is 0 Å². The molecule has 1 spiro atoms. The molecule has 1 heteroatoms. The van der Waals surface area contributed by atoms with Gasteiger partial charge in [-0.3, -0.25) is 0 Å². The van der Waals surface area contributed by atoms with Gasteiger partial charge in [0.05, 0.1) is 0 Å². The average Bonchev–Trinajstić information content (AvgIpc) is 2.39. The molecule has 0 aromatic rings. The maximum atomic E-state index is 7.51. The summed E-state index contributed by atoms with van der Waals surface area (Å²) >= 11 is 0. The standard InChI is InChI=1S/C7H11N/c8-6-2-1-3-7(6)4-5-7/h8H,1-5H2. The van der Waals surface area contributed by atoms with Crippen LogP contribution in [0.4, 0.5) is 0 Å². The van der Waals surface area contributed by atoms with Crippen LogP contribution in [0.1, 0.15) is 32.1 Å². The predicted molar refractivity (Wildman–Crippen MR) is 33.2 cm³/mol. The van der Waals surface area contributed by atoms with Crippen molar-refractivity contribution in [3.63, 3.8) is 0 Å². The molecule has 44 valence electrons. The van der Waals surface area contributed by atoms with Gasteiger partial charge in [-0.25, -0.2) is 0 Å². The first-order valence-corrected chi connectivity index (χ1v) is 3.41. The molecule has 2 fully saturated rings. The number of hydrogen-bond donors (Lipinski definition) is 1. The molecule has 1 nitrogen and oxygen atoms in total. The van der Waals surface area contributed by atoms with Crippen molar-refractivity contribution in [2.75, 3.05) is 0 Å². The van der Waals surface area contributed by atoms with E-state index < -0.39 is 0 Å². The van der Waals surface area contributed by atoms with Gasteiger partial charge in [-0.1, -0.05) is 0 Å². The highest BCUT2D eigenvalue weighted by Gasteiger charge is 2.48. The first kappa shape index (κ1) is 4.54. The summed E-state index contributed by atoms with van der Waals surface area (Å²) in [6.45, 7) is 0. The van der Waals surface area contributed by atoms with Crippen LogP contribution in [0.25, 0.3) is 0 Å². The quantitative estimate of drug-likeness (QED) is 0.491. The zero-order chi connectivity index (χ0) is 5.61. The Morgan fingerprint density at radius 1 is 1.25 bits per heavy atom. The zero-order valence-electron chi connectivity index (χ0n) is 5.04. The third kappa shape index (κ3) is 0.396. The molecule has 8 heavy (non-hydrogen) atoms. The van der Waals surface area contributed by atoms with Crippen molar-refractivity contribution in [3.05, 3.63) is 0 Å². The van der Waals surface area contributed by atoms with Crippen LogP contribution in [-0.2, 0) is 0 Å². The lowest BCUT2D eigenvalue weighted by molar-refractivity contribution is 0.666. The molecule has 0 radical (unpaired) electrons. The smallest absolute Gasteiger partial charge is 0.0151 e. The van der Waals surface area contributed by atoms with E-state index in [-0.39, 0.29) is 0 Å². The van der Waals surface area contributed by atoms with E-state index in [2.05, 4.69) is 0 Å². The molecule has 1 N–H and O–H groups in total. The van der Waals surface area contributed by atoms with Gasteiger partial charge in [0.25, 0.3) is 0 Å². The number of rotatable bonds is 0. The summed E-state index contributed by atoms with van der Waals surface area (Å²) in [6.07, 6.45) is 6.36. The van der Waals surface area contributed by atoms with E-state index in [9.17, 15) is 0 Å². The fraction of sp³-hybridized carbons (Fsp3) is 0.857. The van der Waals surface area contributed by atoms with Crippen molar-refractivity contribution in [2.24, 2.45) is 5.41 Å². The summed E-state index contributed by atoms with van der Waals surface area (Å²) in [6, 6.07) is 0. The van der Waals surface area contributed by atoms with Gasteiger partial charge in [0.1, 0.15) is 0 Å². The number of hydrogen-bond acceptors (Lipinski definition) is 1. The van der Waals surface area contributed by atoms with Crippen LogP contribution in [0.2, 0.25) is 0 Å². The lowest BCUT2D eigenvalue weighted by Crippen LogP contribution is -2.03. The third-order valence-electron chi connectivity index (χ3n) is 2.58. The molecular weight excluding hydrogens is 98.1 g/mol. The highest BCUT2D eigenvalue weighted by atomic mass is 14.6. The van der Waals surface area contributed by atoms with Crippen LogP contribution >= 0.6 is 0 Å². The minimum Gasteiger partial charge on any atom is -0.309 e. The summed E-state index contributed by atoms with van der Waals surface area (Å²) in [7, 11) is 0. The Morgan fingerprint density at radius 3 is 2.25 bits per heavy atom. The minimum absolute atomic E-state index is 0.486. The molecule has 2 aliphatic rings.